The van der Waals surface area contributed by atoms with Crippen molar-refractivity contribution in [3.05, 3.63) is 0 Å². The number of hydrogen-bond donors (Lipinski definition) is 39. The minimum absolute atomic E-state index is 0.188. The zero-order valence-electron chi connectivity index (χ0n) is 76.8. The van der Waals surface area contributed by atoms with Gasteiger partial charge in [-0.3, -0.25) is 0 Å². The highest BCUT2D eigenvalue weighted by atomic mass is 16.8. The molecular weight excluding hydrogens is 1850 g/mol. The third kappa shape index (κ3) is 40.2. The van der Waals surface area contributed by atoms with Crippen molar-refractivity contribution in [2.45, 2.75) is 396 Å². The van der Waals surface area contributed by atoms with E-state index < -0.39 is 354 Å². The maximum atomic E-state index is 9.54. The minimum atomic E-state index is -1.46. The number of hydrogen-bond acceptors (Lipinski definition) is 57. The van der Waals surface area contributed by atoms with Crippen molar-refractivity contribution in [2.75, 3.05) is 99.1 Å². The zero-order valence-corrected chi connectivity index (χ0v) is 76.8. The Kier molecular flexibility index (Phi) is 64.6. The fourth-order valence-corrected chi connectivity index (χ4v) is 12.8. The van der Waals surface area contributed by atoms with Crippen molar-refractivity contribution in [3.63, 3.8) is 0 Å². The largest absolute Gasteiger partial charge is 0.394 e. The number of aliphatic hydroxyl groups is 39. The molecule has 39 N–H and O–H groups in total. The highest BCUT2D eigenvalue weighted by Crippen LogP contribution is 2.31. The van der Waals surface area contributed by atoms with Gasteiger partial charge in [0.2, 0.25) is 0 Å². The lowest BCUT2D eigenvalue weighted by Gasteiger charge is -2.40. The van der Waals surface area contributed by atoms with Crippen molar-refractivity contribution in [3.8, 4) is 0 Å². The minimum Gasteiger partial charge on any atom is -0.394 e. The van der Waals surface area contributed by atoms with Crippen molar-refractivity contribution >= 4 is 0 Å². The standard InChI is InChI=1S/3C9H18O7.3C9H18O6.3C8H16O6/c3*1-4(2-10)15-9-8(14)7(13)6(12)5(3-11)16-9;3*1-4(2)14-9-8(13)7(12)6(11)5(3-10)15-9;3*1-2-13-8-7(12)6(11)5(10)4(3-9)14-8/h3*4-14H,2-3H2,1H3;3*4-13H,3H2,1-2H3;3*4-12H,2-3H2,1H3/t4?,5?,6-,7?,8+,9-;4?,5?,6-,7?,8-,9+;4?,5?,6-,7?,8-,9-;5?,6-,7?,8+,9-;5?,6-,7?,8-,9+;5?,6-,7?,8-,9-;4?,5-,6?,7+,8-;4?,5-,6?,7-,8+;4?,5-,6?,7-,8-/m101101101/s1. The summed E-state index contributed by atoms with van der Waals surface area (Å²) >= 11 is 0. The highest BCUT2D eigenvalue weighted by molar-refractivity contribution is 4.96. The van der Waals surface area contributed by atoms with Crippen LogP contribution in [-0.4, -0.2) is 611 Å². The first-order valence-corrected chi connectivity index (χ1v) is 43.6. The van der Waals surface area contributed by atoms with Crippen LogP contribution in [0.25, 0.3) is 0 Å². The van der Waals surface area contributed by atoms with E-state index >= 15 is 0 Å². The fraction of sp³-hybridized carbons (Fsp3) is 1.00. The van der Waals surface area contributed by atoms with E-state index in [4.69, 9.17) is 147 Å². The molecule has 9 rings (SSSR count). The fourth-order valence-electron chi connectivity index (χ4n) is 12.8. The number of aliphatic hydroxyl groups excluding tert-OH is 39. The maximum Gasteiger partial charge on any atom is 0.187 e. The summed E-state index contributed by atoms with van der Waals surface area (Å²) in [7, 11) is 0. The molecule has 57 nitrogen and oxygen atoms in total. The number of ether oxygens (including phenoxy) is 18. The Balaban J connectivity index is 0.000000760. The molecule has 57 heteroatoms. The monoisotopic (exact) mass is 2000 g/mol. The van der Waals surface area contributed by atoms with Crippen LogP contribution in [0, 0.1) is 0 Å². The van der Waals surface area contributed by atoms with E-state index in [-0.39, 0.29) is 38.1 Å². The van der Waals surface area contributed by atoms with Gasteiger partial charge in [-0.25, -0.2) is 0 Å². The van der Waals surface area contributed by atoms with Crippen LogP contribution in [0.1, 0.15) is 83.1 Å². The molecule has 0 aromatic heterocycles. The molecule has 0 amide bonds. The smallest absolute Gasteiger partial charge is 0.187 e. The van der Waals surface area contributed by atoms with Gasteiger partial charge in [-0.1, -0.05) is 0 Å². The van der Waals surface area contributed by atoms with Gasteiger partial charge in [-0.05, 0) is 83.1 Å². The third-order valence-electron chi connectivity index (χ3n) is 20.7. The van der Waals surface area contributed by atoms with Crippen LogP contribution < -0.4 is 0 Å². The molecule has 0 aromatic rings. The molecule has 21 unspecified atom stereocenters. The Bertz CT molecular complexity index is 2610. The SMILES string of the molecule is CC(C)O[C@@H]1OC(CO)[C@@H](O)C(O)[C@@H]1O.CC(C)O[C@@H]1OC(CO)[C@@H](O)C(O)[C@H]1O.CC(C)O[C@@H]1OC(CO)[C@H](O)C(O)[C@@H]1O.CC(CO)O[C@@H]1OC(CO)[C@@H](O)C(O)[C@@H]1O.CC(CO)O[C@@H]1OC(CO)[C@@H](O)C(O)[C@H]1O.CC(CO)O[C@@H]1OC(CO)[C@H](O)C(O)[C@@H]1O.CCO[C@@H]1OC(CO)[C@@H](O)C(O)[C@@H]1O.CCO[C@@H]1OC(CO)[C@@H](O)C(O)[C@H]1O.CCO[C@@H]1OC(CO)[C@H](O)C(O)[C@@H]1O. The molecule has 48 atom stereocenters. The van der Waals surface area contributed by atoms with Gasteiger partial charge in [0.05, 0.1) is 116 Å². The Hall–Kier alpha value is -2.28. The molecule has 9 saturated heterocycles. The average molecular weight is 2010 g/mol. The Morgan fingerprint density at radius 2 is 0.274 bits per heavy atom. The molecule has 135 heavy (non-hydrogen) atoms. The van der Waals surface area contributed by atoms with Crippen LogP contribution in [-0.2, 0) is 85.3 Å². The second-order valence-corrected chi connectivity index (χ2v) is 32.6. The van der Waals surface area contributed by atoms with Gasteiger partial charge in [0, 0.05) is 19.8 Å². The number of rotatable bonds is 30. The van der Waals surface area contributed by atoms with Crippen LogP contribution in [0.15, 0.2) is 0 Å². The molecule has 810 valence electrons. The van der Waals surface area contributed by atoms with Gasteiger partial charge >= 0.3 is 0 Å². The molecule has 9 fully saturated rings. The quantitative estimate of drug-likeness (QED) is 0.0318. The van der Waals surface area contributed by atoms with Crippen molar-refractivity contribution in [1.82, 2.24) is 0 Å². The molecule has 9 aliphatic heterocycles. The van der Waals surface area contributed by atoms with E-state index in [0.29, 0.717) is 19.8 Å². The molecule has 0 aliphatic carbocycles. The Morgan fingerprint density at radius 1 is 0.163 bits per heavy atom. The van der Waals surface area contributed by atoms with E-state index in [1.54, 1.807) is 83.1 Å². The van der Waals surface area contributed by atoms with Gasteiger partial charge in [0.25, 0.3) is 0 Å². The predicted molar refractivity (Wildman–Crippen MR) is 440 cm³/mol. The normalized spacial score (nSPS) is 42.7. The summed E-state index contributed by atoms with van der Waals surface area (Å²) in [6.07, 6.45) is -57.2. The van der Waals surface area contributed by atoms with Gasteiger partial charge in [0.1, 0.15) is 220 Å². The van der Waals surface area contributed by atoms with Crippen LogP contribution in [0.4, 0.5) is 0 Å². The highest BCUT2D eigenvalue weighted by Gasteiger charge is 2.53. The van der Waals surface area contributed by atoms with E-state index in [2.05, 4.69) is 0 Å². The summed E-state index contributed by atoms with van der Waals surface area (Å²) in [5, 5.41) is 361. The molecule has 0 bridgehead atoms. The van der Waals surface area contributed by atoms with Gasteiger partial charge < -0.3 is 284 Å². The molecule has 9 heterocycles. The van der Waals surface area contributed by atoms with E-state index in [1.807, 2.05) is 0 Å². The van der Waals surface area contributed by atoms with Gasteiger partial charge in [-0.2, -0.15) is 0 Å². The summed E-state index contributed by atoms with van der Waals surface area (Å²) in [5.41, 5.74) is 0. The maximum absolute atomic E-state index is 9.54. The van der Waals surface area contributed by atoms with Crippen molar-refractivity contribution < 1.29 is 284 Å². The lowest BCUT2D eigenvalue weighted by atomic mass is 9.99. The predicted octanol–water partition coefficient (Wildman–Crippen LogP) is -20.3. The molecule has 0 radical (unpaired) electrons. The molecule has 0 aromatic carbocycles. The van der Waals surface area contributed by atoms with Crippen molar-refractivity contribution in [1.29, 1.82) is 0 Å². The molecule has 0 spiro atoms. The molecule has 9 aliphatic rings. The molecule has 0 saturated carbocycles. The Labute approximate surface area is 777 Å². The third-order valence-corrected chi connectivity index (χ3v) is 20.7. The van der Waals surface area contributed by atoms with Crippen LogP contribution in [0.2, 0.25) is 0 Å². The van der Waals surface area contributed by atoms with E-state index in [1.165, 1.54) is 0 Å². The summed E-state index contributed by atoms with van der Waals surface area (Å²) in [6.45, 7) is 16.3. The van der Waals surface area contributed by atoms with Gasteiger partial charge in [-0.15, -0.1) is 0 Å². The van der Waals surface area contributed by atoms with Crippen LogP contribution in [0.5, 0.6) is 0 Å². The first kappa shape index (κ1) is 131. The first-order chi connectivity index (χ1) is 63.3. The topological polar surface area (TPSA) is 955 Å². The van der Waals surface area contributed by atoms with E-state index in [9.17, 15) is 138 Å². The van der Waals surface area contributed by atoms with E-state index in [0.717, 1.165) is 0 Å². The summed E-state index contributed by atoms with van der Waals surface area (Å²) in [6, 6.07) is 0. The lowest BCUT2D eigenvalue weighted by molar-refractivity contribution is -0.311. The first-order valence-electron chi connectivity index (χ1n) is 43.6. The van der Waals surface area contributed by atoms with Crippen LogP contribution in [0.3, 0.4) is 0 Å². The second-order valence-electron chi connectivity index (χ2n) is 32.6. The Morgan fingerprint density at radius 3 is 0.378 bits per heavy atom. The average Bonchev–Trinajstić information content (AvgIpc) is 0.737. The lowest BCUT2D eigenvalue weighted by Crippen LogP contribution is -2.59. The van der Waals surface area contributed by atoms with Gasteiger partial charge in [0.15, 0.2) is 56.6 Å². The van der Waals surface area contributed by atoms with Crippen molar-refractivity contribution in [2.24, 2.45) is 0 Å². The summed E-state index contributed by atoms with van der Waals surface area (Å²) < 4.78 is 91.5. The molecular formula is C78H156O57. The summed E-state index contributed by atoms with van der Waals surface area (Å²) in [5.74, 6) is 0. The zero-order chi connectivity index (χ0) is 104. The summed E-state index contributed by atoms with van der Waals surface area (Å²) in [4.78, 5) is 0. The van der Waals surface area contributed by atoms with Crippen LogP contribution >= 0.6 is 0 Å². The second kappa shape index (κ2) is 66.7.